The van der Waals surface area contributed by atoms with Crippen molar-refractivity contribution in [3.63, 3.8) is 0 Å². The molecule has 0 aromatic rings. The zero-order valence-electron chi connectivity index (χ0n) is 11.5. The van der Waals surface area contributed by atoms with Crippen LogP contribution in [0.4, 0.5) is 0 Å². The summed E-state index contributed by atoms with van der Waals surface area (Å²) in [6.07, 6.45) is 7.56. The van der Waals surface area contributed by atoms with E-state index in [2.05, 4.69) is 28.4 Å². The molecule has 0 aromatic heterocycles. The second-order valence-electron chi connectivity index (χ2n) is 4.88. The van der Waals surface area contributed by atoms with Crippen LogP contribution >= 0.6 is 0 Å². The fourth-order valence-corrected chi connectivity index (χ4v) is 2.41. The first-order valence-electron chi connectivity index (χ1n) is 6.85. The summed E-state index contributed by atoms with van der Waals surface area (Å²) in [7, 11) is 0. The summed E-state index contributed by atoms with van der Waals surface area (Å²) >= 11 is 0. The number of rotatable bonds is 6. The Labute approximate surface area is 110 Å². The van der Waals surface area contributed by atoms with Crippen LogP contribution in [-0.2, 0) is 4.79 Å². The lowest BCUT2D eigenvalue weighted by molar-refractivity contribution is -0.125. The van der Waals surface area contributed by atoms with Gasteiger partial charge in [0.2, 0.25) is 5.91 Å². The fraction of sp³-hybridized carbons (Fsp3) is 0.786. The predicted octanol–water partition coefficient (Wildman–Crippen LogP) is 0.446. The van der Waals surface area contributed by atoms with Crippen LogP contribution in [0.3, 0.4) is 0 Å². The third-order valence-electron chi connectivity index (χ3n) is 3.65. The molecule has 18 heavy (non-hydrogen) atoms. The molecule has 4 heteroatoms. The molecule has 0 spiro atoms. The van der Waals surface area contributed by atoms with Gasteiger partial charge < -0.3 is 10.6 Å². The highest BCUT2D eigenvalue weighted by Crippen LogP contribution is 2.15. The quantitative estimate of drug-likeness (QED) is 0.674. The number of amides is 1. The third-order valence-corrected chi connectivity index (χ3v) is 3.65. The monoisotopic (exact) mass is 251 g/mol. The summed E-state index contributed by atoms with van der Waals surface area (Å²) in [6.45, 7) is 8.47. The van der Waals surface area contributed by atoms with E-state index in [4.69, 9.17) is 6.42 Å². The maximum absolute atomic E-state index is 11.9. The smallest absolute Gasteiger partial charge is 0.237 e. The summed E-state index contributed by atoms with van der Waals surface area (Å²) in [5, 5.41) is 6.12. The van der Waals surface area contributed by atoms with Crippen LogP contribution in [0, 0.1) is 18.3 Å². The molecule has 0 aromatic carbocycles. The highest BCUT2D eigenvalue weighted by Gasteiger charge is 2.23. The lowest BCUT2D eigenvalue weighted by Gasteiger charge is -2.32. The SMILES string of the molecule is C#CCNC(=O)C(C)N(CC)CC1CCNCC1. The Morgan fingerprint density at radius 2 is 2.22 bits per heavy atom. The van der Waals surface area contributed by atoms with Gasteiger partial charge in [-0.15, -0.1) is 6.42 Å². The number of hydrogen-bond donors (Lipinski definition) is 2. The minimum atomic E-state index is -0.0989. The van der Waals surface area contributed by atoms with Crippen molar-refractivity contribution in [1.29, 1.82) is 0 Å². The molecule has 1 atom stereocenters. The van der Waals surface area contributed by atoms with Gasteiger partial charge in [0.15, 0.2) is 0 Å². The molecule has 1 rings (SSSR count). The fourth-order valence-electron chi connectivity index (χ4n) is 2.41. The van der Waals surface area contributed by atoms with Gasteiger partial charge in [0.1, 0.15) is 0 Å². The highest BCUT2D eigenvalue weighted by molar-refractivity contribution is 5.81. The van der Waals surface area contributed by atoms with Crippen molar-refractivity contribution < 1.29 is 4.79 Å². The van der Waals surface area contributed by atoms with E-state index >= 15 is 0 Å². The predicted molar refractivity (Wildman–Crippen MR) is 74.1 cm³/mol. The number of hydrogen-bond acceptors (Lipinski definition) is 3. The van der Waals surface area contributed by atoms with E-state index in [1.54, 1.807) is 0 Å². The molecule has 1 amide bonds. The molecule has 1 unspecified atom stereocenters. The highest BCUT2D eigenvalue weighted by atomic mass is 16.2. The molecule has 0 saturated carbocycles. The number of piperidine rings is 1. The summed E-state index contributed by atoms with van der Waals surface area (Å²) in [4.78, 5) is 14.1. The zero-order valence-corrected chi connectivity index (χ0v) is 11.5. The van der Waals surface area contributed by atoms with Gasteiger partial charge in [-0.2, -0.15) is 0 Å². The van der Waals surface area contributed by atoms with Gasteiger partial charge >= 0.3 is 0 Å². The molecule has 1 fully saturated rings. The third kappa shape index (κ3) is 4.67. The van der Waals surface area contributed by atoms with Crippen molar-refractivity contribution in [2.45, 2.75) is 32.7 Å². The lowest BCUT2D eigenvalue weighted by atomic mass is 9.97. The van der Waals surface area contributed by atoms with Crippen molar-refractivity contribution >= 4 is 5.91 Å². The van der Waals surface area contributed by atoms with Gasteiger partial charge in [-0.3, -0.25) is 9.69 Å². The Hall–Kier alpha value is -1.05. The molecule has 1 aliphatic rings. The second-order valence-corrected chi connectivity index (χ2v) is 4.88. The average Bonchev–Trinajstić information content (AvgIpc) is 2.42. The molecule has 4 nitrogen and oxygen atoms in total. The molecular formula is C14H25N3O. The van der Waals surface area contributed by atoms with E-state index < -0.39 is 0 Å². The van der Waals surface area contributed by atoms with Gasteiger partial charge in [-0.05, 0) is 45.3 Å². The van der Waals surface area contributed by atoms with Crippen molar-refractivity contribution in [2.75, 3.05) is 32.7 Å². The number of carbonyl (C=O) groups excluding carboxylic acids is 1. The number of carbonyl (C=O) groups is 1. The Morgan fingerprint density at radius 3 is 2.78 bits per heavy atom. The van der Waals surface area contributed by atoms with Crippen molar-refractivity contribution in [2.24, 2.45) is 5.92 Å². The average molecular weight is 251 g/mol. The van der Waals surface area contributed by atoms with E-state index in [0.29, 0.717) is 12.5 Å². The molecule has 1 aliphatic heterocycles. The van der Waals surface area contributed by atoms with Crippen LogP contribution in [-0.4, -0.2) is 49.6 Å². The molecule has 0 radical (unpaired) electrons. The van der Waals surface area contributed by atoms with E-state index in [1.807, 2.05) is 6.92 Å². The summed E-state index contributed by atoms with van der Waals surface area (Å²) in [6, 6.07) is -0.0989. The lowest BCUT2D eigenvalue weighted by Crippen LogP contribution is -2.47. The van der Waals surface area contributed by atoms with E-state index in [-0.39, 0.29) is 11.9 Å². The van der Waals surface area contributed by atoms with Crippen LogP contribution in [0.1, 0.15) is 26.7 Å². The van der Waals surface area contributed by atoms with Crippen LogP contribution in [0.5, 0.6) is 0 Å². The zero-order chi connectivity index (χ0) is 13.4. The first-order valence-corrected chi connectivity index (χ1v) is 6.85. The molecule has 0 aliphatic carbocycles. The van der Waals surface area contributed by atoms with E-state index in [1.165, 1.54) is 12.8 Å². The first kappa shape index (κ1) is 15.0. The van der Waals surface area contributed by atoms with Gasteiger partial charge in [0, 0.05) is 6.54 Å². The number of nitrogens with one attached hydrogen (secondary N) is 2. The van der Waals surface area contributed by atoms with Crippen LogP contribution in [0.2, 0.25) is 0 Å². The van der Waals surface area contributed by atoms with E-state index in [9.17, 15) is 4.79 Å². The summed E-state index contributed by atoms with van der Waals surface area (Å²) in [5.74, 6) is 3.17. The minimum Gasteiger partial charge on any atom is -0.344 e. The normalized spacial score (nSPS) is 18.3. The minimum absolute atomic E-state index is 0.0312. The van der Waals surface area contributed by atoms with Gasteiger partial charge in [-0.1, -0.05) is 12.8 Å². The molecule has 2 N–H and O–H groups in total. The maximum atomic E-state index is 11.9. The van der Waals surface area contributed by atoms with Crippen LogP contribution in [0.25, 0.3) is 0 Å². The first-order chi connectivity index (χ1) is 8.69. The van der Waals surface area contributed by atoms with Crippen molar-refractivity contribution in [3.05, 3.63) is 0 Å². The Morgan fingerprint density at radius 1 is 1.56 bits per heavy atom. The number of nitrogens with zero attached hydrogens (tertiary/aromatic N) is 1. The molecule has 102 valence electrons. The standard InChI is InChI=1S/C14H25N3O/c1-4-8-16-14(18)12(3)17(5-2)11-13-6-9-15-10-7-13/h1,12-13,15H,5-11H2,2-3H3,(H,16,18). The molecule has 1 heterocycles. The largest absolute Gasteiger partial charge is 0.344 e. The number of likely N-dealkylation sites (N-methyl/N-ethyl adjacent to an activating group) is 1. The molecule has 1 saturated heterocycles. The number of terminal acetylenes is 1. The van der Waals surface area contributed by atoms with E-state index in [0.717, 1.165) is 26.2 Å². The summed E-state index contributed by atoms with van der Waals surface area (Å²) in [5.41, 5.74) is 0. The van der Waals surface area contributed by atoms with Crippen molar-refractivity contribution in [3.8, 4) is 12.3 Å². The van der Waals surface area contributed by atoms with Gasteiger partial charge in [0.05, 0.1) is 12.6 Å². The Balaban J connectivity index is 2.43. The maximum Gasteiger partial charge on any atom is 0.237 e. The Bertz CT molecular complexity index is 292. The van der Waals surface area contributed by atoms with Gasteiger partial charge in [0.25, 0.3) is 0 Å². The second kappa shape index (κ2) is 8.12. The topological polar surface area (TPSA) is 44.4 Å². The Kier molecular flexibility index (Phi) is 6.77. The summed E-state index contributed by atoms with van der Waals surface area (Å²) < 4.78 is 0. The van der Waals surface area contributed by atoms with Crippen LogP contribution < -0.4 is 10.6 Å². The molecule has 0 bridgehead atoms. The van der Waals surface area contributed by atoms with Gasteiger partial charge in [-0.25, -0.2) is 0 Å². The molecular weight excluding hydrogens is 226 g/mol. The van der Waals surface area contributed by atoms with Crippen LogP contribution in [0.15, 0.2) is 0 Å². The van der Waals surface area contributed by atoms with Crippen molar-refractivity contribution in [1.82, 2.24) is 15.5 Å².